The SMILES string of the molecule is C=C[C@@H]1CN(c2cc(-c3n[nH]c4ccc(-c5cnn(C)c5)cc34)ccn2)C[C@H](C)O1. The molecule has 0 unspecified atom stereocenters. The summed E-state index contributed by atoms with van der Waals surface area (Å²) in [6, 6.07) is 10.4. The molecule has 7 nitrogen and oxygen atoms in total. The number of nitrogens with one attached hydrogen (secondary N) is 1. The molecule has 0 aliphatic carbocycles. The van der Waals surface area contributed by atoms with Crippen LogP contribution in [0, 0.1) is 0 Å². The van der Waals surface area contributed by atoms with Crippen molar-refractivity contribution in [2.45, 2.75) is 19.1 Å². The highest BCUT2D eigenvalue weighted by Gasteiger charge is 2.24. The van der Waals surface area contributed by atoms with Gasteiger partial charge in [0.15, 0.2) is 0 Å². The number of morpholine rings is 1. The summed E-state index contributed by atoms with van der Waals surface area (Å²) >= 11 is 0. The minimum atomic E-state index is 0.00691. The Balaban J connectivity index is 1.53. The molecule has 1 aliphatic heterocycles. The Morgan fingerprint density at radius 2 is 2.07 bits per heavy atom. The van der Waals surface area contributed by atoms with E-state index in [4.69, 9.17) is 4.74 Å². The molecular weight excluding hydrogens is 376 g/mol. The third-order valence-corrected chi connectivity index (χ3v) is 5.49. The molecule has 4 heterocycles. The number of nitrogens with zero attached hydrogens (tertiary/aromatic N) is 5. The van der Waals surface area contributed by atoms with E-state index in [2.05, 4.69) is 62.9 Å². The van der Waals surface area contributed by atoms with Gasteiger partial charge in [-0.25, -0.2) is 4.98 Å². The Morgan fingerprint density at radius 3 is 2.87 bits per heavy atom. The predicted octanol–water partition coefficient (Wildman–Crippen LogP) is 3.81. The molecule has 5 rings (SSSR count). The lowest BCUT2D eigenvalue weighted by atomic mass is 10.0. The Hall–Kier alpha value is -3.45. The quantitative estimate of drug-likeness (QED) is 0.528. The first-order valence-corrected chi connectivity index (χ1v) is 10.1. The number of rotatable bonds is 4. The van der Waals surface area contributed by atoms with Gasteiger partial charge in [-0.05, 0) is 36.8 Å². The minimum absolute atomic E-state index is 0.00691. The maximum Gasteiger partial charge on any atom is 0.129 e. The molecule has 1 aliphatic rings. The average molecular weight is 400 g/mol. The van der Waals surface area contributed by atoms with Crippen LogP contribution in [-0.2, 0) is 11.8 Å². The number of pyridine rings is 1. The number of ether oxygens (including phenoxy) is 1. The molecule has 152 valence electrons. The summed E-state index contributed by atoms with van der Waals surface area (Å²) in [6.45, 7) is 7.50. The Labute approximate surface area is 175 Å². The van der Waals surface area contributed by atoms with E-state index in [-0.39, 0.29) is 12.2 Å². The third-order valence-electron chi connectivity index (χ3n) is 5.49. The second kappa shape index (κ2) is 7.42. The second-order valence-corrected chi connectivity index (χ2v) is 7.76. The van der Waals surface area contributed by atoms with Crippen LogP contribution in [-0.4, -0.2) is 50.3 Å². The maximum atomic E-state index is 5.89. The largest absolute Gasteiger partial charge is 0.368 e. The molecule has 0 spiro atoms. The van der Waals surface area contributed by atoms with E-state index in [9.17, 15) is 0 Å². The van der Waals surface area contributed by atoms with Crippen LogP contribution in [0.5, 0.6) is 0 Å². The minimum Gasteiger partial charge on any atom is -0.368 e. The number of hydrogen-bond donors (Lipinski definition) is 1. The molecule has 1 fully saturated rings. The van der Waals surface area contributed by atoms with E-state index in [1.165, 1.54) is 0 Å². The highest BCUT2D eigenvalue weighted by atomic mass is 16.5. The van der Waals surface area contributed by atoms with Crippen molar-refractivity contribution in [1.82, 2.24) is 25.0 Å². The number of aromatic amines is 1. The molecule has 0 saturated carbocycles. The zero-order valence-electron chi connectivity index (χ0n) is 17.1. The number of aryl methyl sites for hydroxylation is 1. The Morgan fingerprint density at radius 1 is 1.17 bits per heavy atom. The number of hydrogen-bond acceptors (Lipinski definition) is 5. The molecule has 30 heavy (non-hydrogen) atoms. The fourth-order valence-electron chi connectivity index (χ4n) is 4.03. The molecule has 2 atom stereocenters. The van der Waals surface area contributed by atoms with Gasteiger partial charge in [-0.1, -0.05) is 12.1 Å². The molecule has 1 saturated heterocycles. The van der Waals surface area contributed by atoms with E-state index in [0.29, 0.717) is 0 Å². The molecular formula is C23H24N6O. The summed E-state index contributed by atoms with van der Waals surface area (Å²) in [5, 5.41) is 13.1. The number of benzene rings is 1. The van der Waals surface area contributed by atoms with Gasteiger partial charge in [-0.15, -0.1) is 6.58 Å². The number of fused-ring (bicyclic) bond motifs is 1. The van der Waals surface area contributed by atoms with Gasteiger partial charge < -0.3 is 9.64 Å². The third kappa shape index (κ3) is 3.37. The fourth-order valence-corrected chi connectivity index (χ4v) is 4.03. The van der Waals surface area contributed by atoms with Crippen molar-refractivity contribution >= 4 is 16.7 Å². The van der Waals surface area contributed by atoms with Crippen molar-refractivity contribution in [2.24, 2.45) is 7.05 Å². The van der Waals surface area contributed by atoms with Gasteiger partial charge in [0.1, 0.15) is 11.5 Å². The number of anilines is 1. The first-order chi connectivity index (χ1) is 14.6. The van der Waals surface area contributed by atoms with Crippen molar-refractivity contribution in [3.63, 3.8) is 0 Å². The molecule has 0 amide bonds. The number of aromatic nitrogens is 5. The highest BCUT2D eigenvalue weighted by Crippen LogP contribution is 2.32. The molecule has 7 heteroatoms. The van der Waals surface area contributed by atoms with Gasteiger partial charge in [-0.2, -0.15) is 10.2 Å². The van der Waals surface area contributed by atoms with E-state index in [1.807, 2.05) is 42.5 Å². The van der Waals surface area contributed by atoms with Crippen molar-refractivity contribution < 1.29 is 4.74 Å². The van der Waals surface area contributed by atoms with Gasteiger partial charge in [0.05, 0.1) is 23.9 Å². The predicted molar refractivity (Wildman–Crippen MR) is 118 cm³/mol. The van der Waals surface area contributed by atoms with Crippen molar-refractivity contribution in [3.8, 4) is 22.4 Å². The van der Waals surface area contributed by atoms with Crippen LogP contribution >= 0.6 is 0 Å². The van der Waals surface area contributed by atoms with Crippen LogP contribution in [0.1, 0.15) is 6.92 Å². The van der Waals surface area contributed by atoms with Crippen LogP contribution in [0.2, 0.25) is 0 Å². The van der Waals surface area contributed by atoms with Crippen molar-refractivity contribution in [3.05, 3.63) is 61.6 Å². The van der Waals surface area contributed by atoms with Crippen molar-refractivity contribution in [1.29, 1.82) is 0 Å². The van der Waals surface area contributed by atoms with Crippen LogP contribution in [0.4, 0.5) is 5.82 Å². The van der Waals surface area contributed by atoms with E-state index in [0.717, 1.165) is 52.2 Å². The summed E-state index contributed by atoms with van der Waals surface area (Å²) in [7, 11) is 1.92. The first kappa shape index (κ1) is 18.6. The molecule has 4 aromatic rings. The molecule has 0 bridgehead atoms. The lowest BCUT2D eigenvalue weighted by Gasteiger charge is -2.36. The second-order valence-electron chi connectivity index (χ2n) is 7.76. The summed E-state index contributed by atoms with van der Waals surface area (Å²) < 4.78 is 7.70. The lowest BCUT2D eigenvalue weighted by Crippen LogP contribution is -2.46. The van der Waals surface area contributed by atoms with Gasteiger partial charge in [0, 0.05) is 49.0 Å². The number of H-pyrrole nitrogens is 1. The van der Waals surface area contributed by atoms with Gasteiger partial charge in [-0.3, -0.25) is 9.78 Å². The standard InChI is InChI=1S/C23H24N6O/c1-4-19-14-29(12-15(2)30-19)22-10-17(7-8-24-22)23-20-9-16(5-6-21(20)26-27-23)18-11-25-28(3)13-18/h4-11,13,15,19H,1,12,14H2,2-3H3,(H,26,27)/t15-,19+/m0/s1. The van der Waals surface area contributed by atoms with Gasteiger partial charge in [0.25, 0.3) is 0 Å². The first-order valence-electron chi connectivity index (χ1n) is 10.1. The van der Waals surface area contributed by atoms with E-state index < -0.39 is 0 Å². The van der Waals surface area contributed by atoms with Crippen LogP contribution in [0.3, 0.4) is 0 Å². The van der Waals surface area contributed by atoms with Crippen LogP contribution < -0.4 is 4.90 Å². The van der Waals surface area contributed by atoms with E-state index in [1.54, 1.807) is 0 Å². The summed E-state index contributed by atoms with van der Waals surface area (Å²) in [6.07, 6.45) is 7.72. The lowest BCUT2D eigenvalue weighted by molar-refractivity contribution is 0.0102. The van der Waals surface area contributed by atoms with Gasteiger partial charge in [0.2, 0.25) is 0 Å². The van der Waals surface area contributed by atoms with Gasteiger partial charge >= 0.3 is 0 Å². The topological polar surface area (TPSA) is 71.9 Å². The van der Waals surface area contributed by atoms with E-state index >= 15 is 0 Å². The smallest absolute Gasteiger partial charge is 0.129 e. The van der Waals surface area contributed by atoms with Crippen LogP contribution in [0.25, 0.3) is 33.3 Å². The van der Waals surface area contributed by atoms with Crippen LogP contribution in [0.15, 0.2) is 61.6 Å². The molecule has 1 aromatic carbocycles. The summed E-state index contributed by atoms with van der Waals surface area (Å²) in [5.74, 6) is 0.925. The average Bonchev–Trinajstić information content (AvgIpc) is 3.39. The van der Waals surface area contributed by atoms with Crippen molar-refractivity contribution in [2.75, 3.05) is 18.0 Å². The molecule has 0 radical (unpaired) electrons. The Bertz CT molecular complexity index is 1210. The zero-order chi connectivity index (χ0) is 20.7. The highest BCUT2D eigenvalue weighted by molar-refractivity contribution is 5.95. The summed E-state index contributed by atoms with van der Waals surface area (Å²) in [4.78, 5) is 6.86. The maximum absolute atomic E-state index is 5.89. The summed E-state index contributed by atoms with van der Waals surface area (Å²) in [5.41, 5.74) is 5.15. The normalized spacial score (nSPS) is 19.3. The monoisotopic (exact) mass is 400 g/mol. The fraction of sp³-hybridized carbons (Fsp3) is 0.261. The Kier molecular flexibility index (Phi) is 4.59. The molecule has 3 aromatic heterocycles. The molecule has 1 N–H and O–H groups in total. The zero-order valence-corrected chi connectivity index (χ0v) is 17.1.